The van der Waals surface area contributed by atoms with Gasteiger partial charge in [-0.05, 0) is 25.2 Å². The second-order valence-electron chi connectivity index (χ2n) is 4.24. The van der Waals surface area contributed by atoms with Crippen molar-refractivity contribution < 1.29 is 4.42 Å². The quantitative estimate of drug-likeness (QED) is 0.461. The van der Waals surface area contributed by atoms with Crippen LogP contribution in [0.5, 0.6) is 0 Å². The van der Waals surface area contributed by atoms with Gasteiger partial charge in [0.05, 0.1) is 12.1 Å². The third-order valence-electron chi connectivity index (χ3n) is 2.52. The van der Waals surface area contributed by atoms with Gasteiger partial charge in [-0.1, -0.05) is 13.8 Å². The number of thioether (sulfide) groups is 1. The van der Waals surface area contributed by atoms with E-state index >= 15 is 0 Å². The first kappa shape index (κ1) is 12.2. The molecule has 0 aliphatic heterocycles. The zero-order valence-corrected chi connectivity index (χ0v) is 10.3. The molecule has 3 nitrogen and oxygen atoms in total. The molecule has 3 N–H and O–H groups in total. The van der Waals surface area contributed by atoms with Crippen molar-refractivity contribution in [1.29, 1.82) is 5.41 Å². The molecule has 0 bridgehead atoms. The van der Waals surface area contributed by atoms with Gasteiger partial charge in [0.1, 0.15) is 5.76 Å². The first-order valence-electron chi connectivity index (χ1n) is 4.95. The van der Waals surface area contributed by atoms with E-state index in [1.165, 1.54) is 4.90 Å². The molecule has 0 atom stereocenters. The largest absolute Gasteiger partial charge is 0.468 e. The molecule has 0 saturated heterocycles. The number of furan rings is 1. The van der Waals surface area contributed by atoms with E-state index in [0.29, 0.717) is 0 Å². The summed E-state index contributed by atoms with van der Waals surface area (Å²) in [7, 11) is 0. The summed E-state index contributed by atoms with van der Waals surface area (Å²) in [4.78, 5) is 1.18. The fourth-order valence-electron chi connectivity index (χ4n) is 1.07. The van der Waals surface area contributed by atoms with Gasteiger partial charge in [-0.15, -0.1) is 11.8 Å². The number of hydrogen-bond donors (Lipinski definition) is 2. The lowest BCUT2D eigenvalue weighted by Crippen LogP contribution is -2.31. The van der Waals surface area contributed by atoms with Crippen molar-refractivity contribution in [3.63, 3.8) is 0 Å². The minimum Gasteiger partial charge on any atom is -0.468 e. The Morgan fingerprint density at radius 2 is 2.27 bits per heavy atom. The zero-order chi connectivity index (χ0) is 11.5. The fraction of sp³-hybridized carbons (Fsp3) is 0.545. The molecule has 4 heteroatoms. The first-order chi connectivity index (χ1) is 6.93. The number of nitrogens with one attached hydrogen (secondary N) is 1. The zero-order valence-electron chi connectivity index (χ0n) is 9.46. The predicted octanol–water partition coefficient (Wildman–Crippen LogP) is 3.03. The fourth-order valence-corrected chi connectivity index (χ4v) is 2.31. The van der Waals surface area contributed by atoms with Crippen LogP contribution >= 0.6 is 11.8 Å². The second kappa shape index (κ2) is 4.75. The van der Waals surface area contributed by atoms with E-state index in [1.807, 2.05) is 26.8 Å². The molecule has 1 aromatic rings. The van der Waals surface area contributed by atoms with Gasteiger partial charge in [-0.25, -0.2) is 0 Å². The minimum atomic E-state index is -0.204. The van der Waals surface area contributed by atoms with Crippen LogP contribution in [0.1, 0.15) is 26.0 Å². The van der Waals surface area contributed by atoms with Gasteiger partial charge < -0.3 is 10.2 Å². The summed E-state index contributed by atoms with van der Waals surface area (Å²) in [6, 6.07) is 1.97. The van der Waals surface area contributed by atoms with Crippen molar-refractivity contribution in [2.45, 2.75) is 32.1 Å². The minimum absolute atomic E-state index is 0.204. The molecule has 0 aliphatic rings. The standard InChI is InChI=1S/C11H18N2OS/c1-8-9(4-6-14-8)15-7-5-11(2,3)10(12)13/h4,6H,5,7H2,1-3H3,(H3,12,13). The Morgan fingerprint density at radius 1 is 1.60 bits per heavy atom. The molecule has 0 aromatic carbocycles. The molecule has 0 radical (unpaired) electrons. The molecule has 0 amide bonds. The van der Waals surface area contributed by atoms with Gasteiger partial charge in [0.15, 0.2) is 0 Å². The van der Waals surface area contributed by atoms with Gasteiger partial charge >= 0.3 is 0 Å². The van der Waals surface area contributed by atoms with E-state index in [9.17, 15) is 0 Å². The highest BCUT2D eigenvalue weighted by Crippen LogP contribution is 2.28. The van der Waals surface area contributed by atoms with Crippen LogP contribution < -0.4 is 5.73 Å². The molecular weight excluding hydrogens is 208 g/mol. The maximum absolute atomic E-state index is 7.44. The lowest BCUT2D eigenvalue weighted by atomic mass is 9.89. The number of rotatable bonds is 5. The van der Waals surface area contributed by atoms with Gasteiger partial charge in [0.2, 0.25) is 0 Å². The Hall–Kier alpha value is -0.900. The Balaban J connectivity index is 2.40. The number of aryl methyl sites for hydroxylation is 1. The van der Waals surface area contributed by atoms with E-state index in [2.05, 4.69) is 0 Å². The topological polar surface area (TPSA) is 63.0 Å². The van der Waals surface area contributed by atoms with E-state index in [0.717, 1.165) is 17.9 Å². The van der Waals surface area contributed by atoms with Crippen LogP contribution in [0.4, 0.5) is 0 Å². The van der Waals surface area contributed by atoms with Crippen molar-refractivity contribution in [2.75, 3.05) is 5.75 Å². The SMILES string of the molecule is Cc1occc1SCCC(C)(C)C(=N)N. The number of nitrogens with two attached hydrogens (primary N) is 1. The summed E-state index contributed by atoms with van der Waals surface area (Å²) in [6.07, 6.45) is 2.60. The van der Waals surface area contributed by atoms with Gasteiger partial charge in [0.25, 0.3) is 0 Å². The molecule has 15 heavy (non-hydrogen) atoms. The van der Waals surface area contributed by atoms with Crippen LogP contribution in [-0.4, -0.2) is 11.6 Å². The Morgan fingerprint density at radius 3 is 2.73 bits per heavy atom. The third-order valence-corrected chi connectivity index (χ3v) is 3.67. The third kappa shape index (κ3) is 3.30. The summed E-state index contributed by atoms with van der Waals surface area (Å²) >= 11 is 1.75. The van der Waals surface area contributed by atoms with Crippen molar-refractivity contribution >= 4 is 17.6 Å². The van der Waals surface area contributed by atoms with Crippen molar-refractivity contribution in [2.24, 2.45) is 11.1 Å². The molecule has 1 rings (SSSR count). The average molecular weight is 226 g/mol. The highest BCUT2D eigenvalue weighted by molar-refractivity contribution is 7.99. The van der Waals surface area contributed by atoms with Crippen LogP contribution in [0.3, 0.4) is 0 Å². The smallest absolute Gasteiger partial charge is 0.114 e. The van der Waals surface area contributed by atoms with Crippen molar-refractivity contribution in [3.8, 4) is 0 Å². The maximum atomic E-state index is 7.44. The van der Waals surface area contributed by atoms with Crippen molar-refractivity contribution in [3.05, 3.63) is 18.1 Å². The van der Waals surface area contributed by atoms with E-state index in [1.54, 1.807) is 18.0 Å². The highest BCUT2D eigenvalue weighted by atomic mass is 32.2. The maximum Gasteiger partial charge on any atom is 0.114 e. The van der Waals surface area contributed by atoms with Gasteiger partial charge in [-0.3, -0.25) is 5.41 Å². The predicted molar refractivity (Wildman–Crippen MR) is 64.5 cm³/mol. The molecule has 0 saturated carbocycles. The van der Waals surface area contributed by atoms with E-state index in [4.69, 9.17) is 15.6 Å². The van der Waals surface area contributed by atoms with Crippen LogP contribution in [0.15, 0.2) is 21.6 Å². The van der Waals surface area contributed by atoms with Crippen LogP contribution in [-0.2, 0) is 0 Å². The molecule has 84 valence electrons. The average Bonchev–Trinajstić information content (AvgIpc) is 2.51. The molecule has 0 spiro atoms. The summed E-state index contributed by atoms with van der Waals surface area (Å²) in [5.74, 6) is 2.17. The molecule has 0 unspecified atom stereocenters. The first-order valence-corrected chi connectivity index (χ1v) is 5.93. The van der Waals surface area contributed by atoms with E-state index < -0.39 is 0 Å². The Labute approximate surface area is 94.9 Å². The lowest BCUT2D eigenvalue weighted by molar-refractivity contribution is 0.499. The van der Waals surface area contributed by atoms with Crippen LogP contribution in [0.2, 0.25) is 0 Å². The molecule has 1 aromatic heterocycles. The van der Waals surface area contributed by atoms with Gasteiger partial charge in [-0.2, -0.15) is 0 Å². The van der Waals surface area contributed by atoms with Crippen LogP contribution in [0, 0.1) is 17.7 Å². The molecule has 0 aliphatic carbocycles. The lowest BCUT2D eigenvalue weighted by Gasteiger charge is -2.22. The highest BCUT2D eigenvalue weighted by Gasteiger charge is 2.21. The van der Waals surface area contributed by atoms with Crippen molar-refractivity contribution in [1.82, 2.24) is 0 Å². The number of hydrogen-bond acceptors (Lipinski definition) is 3. The van der Waals surface area contributed by atoms with E-state index in [-0.39, 0.29) is 11.3 Å². The molecular formula is C11H18N2OS. The monoisotopic (exact) mass is 226 g/mol. The summed E-state index contributed by atoms with van der Waals surface area (Å²) in [5, 5.41) is 7.44. The summed E-state index contributed by atoms with van der Waals surface area (Å²) < 4.78 is 5.21. The van der Waals surface area contributed by atoms with Gasteiger partial charge in [0, 0.05) is 10.3 Å². The van der Waals surface area contributed by atoms with Crippen LogP contribution in [0.25, 0.3) is 0 Å². The Kier molecular flexibility index (Phi) is 3.85. The molecule has 0 fully saturated rings. The summed E-state index contributed by atoms with van der Waals surface area (Å²) in [6.45, 7) is 5.95. The molecule has 1 heterocycles. The number of amidine groups is 1. The Bertz CT molecular complexity index is 344. The summed E-state index contributed by atoms with van der Waals surface area (Å²) in [5.41, 5.74) is 5.31. The second-order valence-corrected chi connectivity index (χ2v) is 5.37. The normalized spacial score (nSPS) is 11.7.